The van der Waals surface area contributed by atoms with Gasteiger partial charge in [0.05, 0.1) is 18.9 Å². The molecule has 0 saturated heterocycles. The molecule has 2 heterocycles. The van der Waals surface area contributed by atoms with Crippen molar-refractivity contribution in [2.45, 2.75) is 26.3 Å². The quantitative estimate of drug-likeness (QED) is 0.500. The monoisotopic (exact) mass is 391 g/mol. The van der Waals surface area contributed by atoms with Gasteiger partial charge in [-0.1, -0.05) is 30.3 Å². The second-order valence-corrected chi connectivity index (χ2v) is 7.06. The minimum Gasteiger partial charge on any atom is -0.464 e. The Morgan fingerprint density at radius 1 is 1.17 bits per heavy atom. The van der Waals surface area contributed by atoms with Crippen molar-refractivity contribution in [1.29, 1.82) is 0 Å². The number of nitrogens with zero attached hydrogens (tertiary/aromatic N) is 2. The van der Waals surface area contributed by atoms with Crippen molar-refractivity contribution in [2.24, 2.45) is 0 Å². The van der Waals surface area contributed by atoms with Gasteiger partial charge < -0.3 is 14.5 Å². The molecular weight excluding hydrogens is 370 g/mol. The number of rotatable bonds is 6. The summed E-state index contributed by atoms with van der Waals surface area (Å²) in [4.78, 5) is 24.4. The average molecular weight is 391 g/mol. The second-order valence-electron chi connectivity index (χ2n) is 7.06. The normalized spacial score (nSPS) is 11.3. The van der Waals surface area contributed by atoms with Gasteiger partial charge in [0.25, 0.3) is 5.91 Å². The minimum atomic E-state index is -0.492. The SMILES string of the molecule is CC(C)n1nccc1NC(=O)COC(=O)Cc1coc2ccc3ccccc3c12. The van der Waals surface area contributed by atoms with Crippen LogP contribution >= 0.6 is 0 Å². The standard InChI is InChI=1S/C22H21N3O4/c1-14(2)25-19(9-10-23-25)24-20(26)13-29-21(27)11-16-12-28-18-8-7-15-5-3-4-6-17(15)22(16)18/h3-10,12,14H,11,13H2,1-2H3,(H,24,26). The number of anilines is 1. The van der Waals surface area contributed by atoms with Crippen LogP contribution in [0.5, 0.6) is 0 Å². The number of benzene rings is 2. The molecule has 0 radical (unpaired) electrons. The fraction of sp³-hybridized carbons (Fsp3) is 0.227. The molecule has 7 heteroatoms. The van der Waals surface area contributed by atoms with Crippen molar-refractivity contribution in [3.8, 4) is 0 Å². The summed E-state index contributed by atoms with van der Waals surface area (Å²) in [6.07, 6.45) is 3.20. The smallest absolute Gasteiger partial charge is 0.310 e. The molecule has 1 amide bonds. The number of furan rings is 1. The highest BCUT2D eigenvalue weighted by Gasteiger charge is 2.16. The van der Waals surface area contributed by atoms with E-state index in [2.05, 4.69) is 10.4 Å². The van der Waals surface area contributed by atoms with E-state index in [9.17, 15) is 9.59 Å². The highest BCUT2D eigenvalue weighted by atomic mass is 16.5. The number of carbonyl (C=O) groups excluding carboxylic acids is 2. The largest absolute Gasteiger partial charge is 0.464 e. The predicted octanol–water partition coefficient (Wildman–Crippen LogP) is 4.09. The van der Waals surface area contributed by atoms with Gasteiger partial charge in [-0.2, -0.15) is 5.10 Å². The first-order valence-corrected chi connectivity index (χ1v) is 9.39. The fourth-order valence-corrected chi connectivity index (χ4v) is 3.36. The predicted molar refractivity (Wildman–Crippen MR) is 110 cm³/mol. The van der Waals surface area contributed by atoms with Gasteiger partial charge in [-0.3, -0.25) is 9.59 Å². The average Bonchev–Trinajstić information content (AvgIpc) is 3.33. The number of fused-ring (bicyclic) bond motifs is 3. The van der Waals surface area contributed by atoms with Gasteiger partial charge in [-0.25, -0.2) is 4.68 Å². The lowest BCUT2D eigenvalue weighted by molar-refractivity contribution is -0.146. The first kappa shape index (κ1) is 18.7. The van der Waals surface area contributed by atoms with Crippen LogP contribution in [0.15, 0.2) is 59.3 Å². The summed E-state index contributed by atoms with van der Waals surface area (Å²) < 4.78 is 12.4. The molecule has 0 aliphatic carbocycles. The third kappa shape index (κ3) is 3.85. The third-order valence-electron chi connectivity index (χ3n) is 4.67. The van der Waals surface area contributed by atoms with E-state index in [0.717, 1.165) is 21.7 Å². The number of carbonyl (C=O) groups is 2. The first-order valence-electron chi connectivity index (χ1n) is 9.39. The van der Waals surface area contributed by atoms with Gasteiger partial charge >= 0.3 is 5.97 Å². The molecule has 2 aromatic carbocycles. The summed E-state index contributed by atoms with van der Waals surface area (Å²) in [5, 5.41) is 9.83. The van der Waals surface area contributed by atoms with Crippen molar-refractivity contribution < 1.29 is 18.7 Å². The van der Waals surface area contributed by atoms with E-state index in [-0.39, 0.29) is 19.1 Å². The molecule has 7 nitrogen and oxygen atoms in total. The molecule has 0 aliphatic heterocycles. The molecule has 0 unspecified atom stereocenters. The number of aromatic nitrogens is 2. The Morgan fingerprint density at radius 3 is 2.83 bits per heavy atom. The Morgan fingerprint density at radius 2 is 2.00 bits per heavy atom. The van der Waals surface area contributed by atoms with E-state index >= 15 is 0 Å². The van der Waals surface area contributed by atoms with Crippen LogP contribution < -0.4 is 5.32 Å². The summed E-state index contributed by atoms with van der Waals surface area (Å²) in [5.41, 5.74) is 1.45. The van der Waals surface area contributed by atoms with Crippen LogP contribution in [0, 0.1) is 0 Å². The molecule has 4 rings (SSSR count). The Balaban J connectivity index is 1.42. The molecule has 0 atom stereocenters. The Kier molecular flexibility index (Phi) is 5.03. The van der Waals surface area contributed by atoms with Gasteiger partial charge in [0.2, 0.25) is 0 Å². The Labute approximate surface area is 167 Å². The van der Waals surface area contributed by atoms with E-state index < -0.39 is 11.9 Å². The van der Waals surface area contributed by atoms with Crippen LogP contribution in [0.2, 0.25) is 0 Å². The molecule has 0 fully saturated rings. The number of esters is 1. The van der Waals surface area contributed by atoms with Crippen molar-refractivity contribution in [3.63, 3.8) is 0 Å². The number of hydrogen-bond acceptors (Lipinski definition) is 5. The summed E-state index contributed by atoms with van der Waals surface area (Å²) in [6, 6.07) is 13.6. The van der Waals surface area contributed by atoms with Gasteiger partial charge in [0, 0.05) is 23.1 Å². The van der Waals surface area contributed by atoms with E-state index in [1.165, 1.54) is 0 Å². The zero-order chi connectivity index (χ0) is 20.4. The van der Waals surface area contributed by atoms with E-state index in [0.29, 0.717) is 11.4 Å². The van der Waals surface area contributed by atoms with Gasteiger partial charge in [-0.15, -0.1) is 0 Å². The van der Waals surface area contributed by atoms with Gasteiger partial charge in [0.1, 0.15) is 11.4 Å². The van der Waals surface area contributed by atoms with Gasteiger partial charge in [-0.05, 0) is 30.7 Å². The van der Waals surface area contributed by atoms with Crippen molar-refractivity contribution >= 4 is 39.4 Å². The molecule has 29 heavy (non-hydrogen) atoms. The molecule has 0 bridgehead atoms. The van der Waals surface area contributed by atoms with E-state index in [1.807, 2.05) is 50.2 Å². The topological polar surface area (TPSA) is 86.4 Å². The van der Waals surface area contributed by atoms with Crippen molar-refractivity contribution in [1.82, 2.24) is 9.78 Å². The molecule has 0 aliphatic rings. The summed E-state index contributed by atoms with van der Waals surface area (Å²) in [7, 11) is 0. The zero-order valence-electron chi connectivity index (χ0n) is 16.2. The summed E-state index contributed by atoms with van der Waals surface area (Å²) >= 11 is 0. The number of hydrogen-bond donors (Lipinski definition) is 1. The lowest BCUT2D eigenvalue weighted by Gasteiger charge is -2.11. The highest BCUT2D eigenvalue weighted by Crippen LogP contribution is 2.30. The maximum Gasteiger partial charge on any atom is 0.310 e. The molecular formula is C22H21N3O4. The molecule has 0 saturated carbocycles. The van der Waals surface area contributed by atoms with E-state index in [1.54, 1.807) is 23.2 Å². The Bertz CT molecular complexity index is 1190. The second kappa shape index (κ2) is 7.79. The third-order valence-corrected chi connectivity index (χ3v) is 4.67. The number of ether oxygens (including phenoxy) is 1. The summed E-state index contributed by atoms with van der Waals surface area (Å²) in [5.74, 6) is -0.343. The van der Waals surface area contributed by atoms with Crippen LogP contribution in [0.3, 0.4) is 0 Å². The van der Waals surface area contributed by atoms with E-state index in [4.69, 9.17) is 9.15 Å². The zero-order valence-corrected chi connectivity index (χ0v) is 16.2. The number of amides is 1. The van der Waals surface area contributed by atoms with Crippen LogP contribution in [-0.4, -0.2) is 28.3 Å². The maximum absolute atomic E-state index is 12.3. The molecule has 2 aromatic heterocycles. The minimum absolute atomic E-state index is 0.0260. The van der Waals surface area contributed by atoms with Crippen molar-refractivity contribution in [3.05, 3.63) is 60.5 Å². The summed E-state index contributed by atoms with van der Waals surface area (Å²) in [6.45, 7) is 3.56. The number of nitrogens with one attached hydrogen (secondary N) is 1. The molecule has 148 valence electrons. The van der Waals surface area contributed by atoms with Crippen LogP contribution in [0.1, 0.15) is 25.5 Å². The molecule has 0 spiro atoms. The van der Waals surface area contributed by atoms with Gasteiger partial charge in [0.15, 0.2) is 6.61 Å². The van der Waals surface area contributed by atoms with Crippen LogP contribution in [-0.2, 0) is 20.7 Å². The lowest BCUT2D eigenvalue weighted by atomic mass is 10.0. The molecule has 1 N–H and O–H groups in total. The highest BCUT2D eigenvalue weighted by molar-refractivity contribution is 6.08. The first-order chi connectivity index (χ1) is 14.0. The van der Waals surface area contributed by atoms with Crippen molar-refractivity contribution in [2.75, 3.05) is 11.9 Å². The fourth-order valence-electron chi connectivity index (χ4n) is 3.36. The van der Waals surface area contributed by atoms with Crippen LogP contribution in [0.25, 0.3) is 21.7 Å². The molecule has 4 aromatic rings. The maximum atomic E-state index is 12.3. The Hall–Kier alpha value is -3.61. The van der Waals surface area contributed by atoms with Crippen LogP contribution in [0.4, 0.5) is 5.82 Å². The lowest BCUT2D eigenvalue weighted by Crippen LogP contribution is -2.23.